The molecule has 238 valence electrons. The van der Waals surface area contributed by atoms with E-state index < -0.39 is 6.04 Å². The molecule has 1 N–H and O–H groups in total. The Morgan fingerprint density at radius 3 is 2.43 bits per heavy atom. The molecule has 0 bridgehead atoms. The molecule has 1 amide bonds. The lowest BCUT2D eigenvalue weighted by atomic mass is 9.95. The fourth-order valence-electron chi connectivity index (χ4n) is 5.28. The smallest absolute Gasteiger partial charge is 0.271 e. The van der Waals surface area contributed by atoms with Crippen molar-refractivity contribution >= 4 is 56.5 Å². The number of ether oxygens (including phenoxy) is 3. The van der Waals surface area contributed by atoms with E-state index in [4.69, 9.17) is 30.8 Å². The van der Waals surface area contributed by atoms with Crippen molar-refractivity contribution < 1.29 is 19.0 Å². The molecular weight excluding hydrogens is 702 g/mol. The summed E-state index contributed by atoms with van der Waals surface area (Å²) in [4.78, 5) is 33.2. The van der Waals surface area contributed by atoms with Crippen LogP contribution in [0, 0.1) is 0 Å². The van der Waals surface area contributed by atoms with Crippen LogP contribution in [-0.2, 0) is 11.4 Å². The van der Waals surface area contributed by atoms with Crippen LogP contribution in [0.3, 0.4) is 0 Å². The van der Waals surface area contributed by atoms with E-state index in [0.717, 1.165) is 16.7 Å². The third kappa shape index (κ3) is 6.90. The van der Waals surface area contributed by atoms with Gasteiger partial charge in [-0.15, -0.1) is 0 Å². The molecule has 0 saturated carbocycles. The standard InChI is InChI=1S/C36H29BrClN3O5S/c1-21-31(34(42)40-26-7-5-4-6-8-26)32(24-11-15-27(44-2)16-12-24)41-35(43)30(47-36(41)39-21)19-23-17-28(37)33(29(18-23)45-3)46-20-22-9-13-25(38)14-10-22/h4-19,32H,20H2,1-3H3,(H,40,42)/b30-19+/t32-/m1/s1. The molecular formula is C36H29BrClN3O5S. The third-order valence-corrected chi connectivity index (χ3v) is 9.40. The number of anilines is 1. The summed E-state index contributed by atoms with van der Waals surface area (Å²) in [6, 6.07) is 26.9. The zero-order valence-electron chi connectivity index (χ0n) is 25.6. The molecule has 0 unspecified atom stereocenters. The fraction of sp³-hybridized carbons (Fsp3) is 0.139. The van der Waals surface area contributed by atoms with Gasteiger partial charge in [-0.05, 0) is 94.2 Å². The number of carbonyl (C=O) groups is 1. The topological polar surface area (TPSA) is 91.2 Å². The Morgan fingerprint density at radius 2 is 1.74 bits per heavy atom. The number of para-hydroxylation sites is 1. The first kappa shape index (κ1) is 32.3. The Kier molecular flexibility index (Phi) is 9.63. The average molecular weight is 731 g/mol. The van der Waals surface area contributed by atoms with Crippen LogP contribution in [0.2, 0.25) is 5.02 Å². The molecule has 11 heteroatoms. The summed E-state index contributed by atoms with van der Waals surface area (Å²) in [5.41, 5.74) is 3.69. The van der Waals surface area contributed by atoms with Crippen molar-refractivity contribution in [1.29, 1.82) is 0 Å². The Morgan fingerprint density at radius 1 is 1.02 bits per heavy atom. The van der Waals surface area contributed by atoms with E-state index in [2.05, 4.69) is 21.2 Å². The Hall–Kier alpha value is -4.64. The predicted octanol–water partition coefficient (Wildman–Crippen LogP) is 6.89. The second-order valence-electron chi connectivity index (χ2n) is 10.6. The van der Waals surface area contributed by atoms with Crippen molar-refractivity contribution in [2.24, 2.45) is 4.99 Å². The van der Waals surface area contributed by atoms with Crippen LogP contribution in [0.15, 0.2) is 117 Å². The third-order valence-electron chi connectivity index (χ3n) is 7.58. The highest BCUT2D eigenvalue weighted by Crippen LogP contribution is 2.38. The van der Waals surface area contributed by atoms with Crippen LogP contribution in [0.1, 0.15) is 29.7 Å². The molecule has 0 radical (unpaired) electrons. The van der Waals surface area contributed by atoms with Crippen molar-refractivity contribution in [2.75, 3.05) is 19.5 Å². The first-order chi connectivity index (χ1) is 22.7. The van der Waals surface area contributed by atoms with Gasteiger partial charge >= 0.3 is 0 Å². The van der Waals surface area contributed by atoms with Gasteiger partial charge in [-0.3, -0.25) is 14.2 Å². The van der Waals surface area contributed by atoms with E-state index in [0.29, 0.717) is 59.6 Å². The summed E-state index contributed by atoms with van der Waals surface area (Å²) in [6.07, 6.45) is 1.79. The number of carbonyl (C=O) groups excluding carboxylic acids is 1. The number of allylic oxidation sites excluding steroid dienone is 1. The maximum atomic E-state index is 14.2. The van der Waals surface area contributed by atoms with Gasteiger partial charge in [-0.1, -0.05) is 65.4 Å². The van der Waals surface area contributed by atoms with Crippen molar-refractivity contribution in [3.05, 3.63) is 148 Å². The van der Waals surface area contributed by atoms with Crippen LogP contribution in [-0.4, -0.2) is 24.7 Å². The SMILES string of the molecule is COc1ccc([C@@H]2C(C(=O)Nc3ccccc3)=C(C)N=c3s/c(=C/c4cc(Br)c(OCc5ccc(Cl)cc5)c(OC)c4)c(=O)n32)cc1. The van der Waals surface area contributed by atoms with E-state index >= 15 is 0 Å². The highest BCUT2D eigenvalue weighted by molar-refractivity contribution is 9.10. The minimum Gasteiger partial charge on any atom is -0.497 e. The summed E-state index contributed by atoms with van der Waals surface area (Å²) in [5.74, 6) is 1.36. The number of nitrogens with one attached hydrogen (secondary N) is 1. The molecule has 0 saturated heterocycles. The lowest BCUT2D eigenvalue weighted by Gasteiger charge is -2.25. The number of aromatic nitrogens is 1. The van der Waals surface area contributed by atoms with Gasteiger partial charge in [0.1, 0.15) is 12.4 Å². The fourth-order valence-corrected chi connectivity index (χ4v) is 7.03. The summed E-state index contributed by atoms with van der Waals surface area (Å²) >= 11 is 10.9. The molecule has 0 spiro atoms. The molecule has 5 aromatic rings. The van der Waals surface area contributed by atoms with Crippen LogP contribution in [0.25, 0.3) is 6.08 Å². The Labute approximate surface area is 288 Å². The predicted molar refractivity (Wildman–Crippen MR) is 188 cm³/mol. The van der Waals surface area contributed by atoms with Crippen molar-refractivity contribution in [3.63, 3.8) is 0 Å². The molecule has 1 aliphatic rings. The van der Waals surface area contributed by atoms with Crippen LogP contribution < -0.4 is 34.4 Å². The lowest BCUT2D eigenvalue weighted by molar-refractivity contribution is -0.113. The van der Waals surface area contributed by atoms with Crippen LogP contribution in [0.5, 0.6) is 17.2 Å². The van der Waals surface area contributed by atoms with Gasteiger partial charge in [-0.2, -0.15) is 0 Å². The van der Waals surface area contributed by atoms with Gasteiger partial charge in [-0.25, -0.2) is 4.99 Å². The largest absolute Gasteiger partial charge is 0.497 e. The minimum atomic E-state index is -0.715. The minimum absolute atomic E-state index is 0.273. The number of hydrogen-bond acceptors (Lipinski definition) is 7. The summed E-state index contributed by atoms with van der Waals surface area (Å²) in [5, 5.41) is 3.62. The number of hydrogen-bond donors (Lipinski definition) is 1. The first-order valence-corrected chi connectivity index (χ1v) is 16.5. The molecule has 4 aromatic carbocycles. The molecule has 8 nitrogen and oxygen atoms in total. The molecule has 1 atom stereocenters. The first-order valence-electron chi connectivity index (χ1n) is 14.5. The number of methoxy groups -OCH3 is 2. The van der Waals surface area contributed by atoms with E-state index in [9.17, 15) is 9.59 Å². The van der Waals surface area contributed by atoms with E-state index in [1.54, 1.807) is 31.8 Å². The zero-order chi connectivity index (χ0) is 33.1. The van der Waals surface area contributed by atoms with Gasteiger partial charge in [0.25, 0.3) is 11.5 Å². The molecule has 1 aliphatic heterocycles. The number of rotatable bonds is 9. The summed E-state index contributed by atoms with van der Waals surface area (Å²) in [6.45, 7) is 2.10. The number of nitrogens with zero attached hydrogens (tertiary/aromatic N) is 2. The number of fused-ring (bicyclic) bond motifs is 1. The van der Waals surface area contributed by atoms with Gasteiger partial charge < -0.3 is 19.5 Å². The van der Waals surface area contributed by atoms with Crippen molar-refractivity contribution in [3.8, 4) is 17.2 Å². The van der Waals surface area contributed by atoms with Crippen molar-refractivity contribution in [2.45, 2.75) is 19.6 Å². The summed E-state index contributed by atoms with van der Waals surface area (Å²) in [7, 11) is 3.15. The van der Waals surface area contributed by atoms with E-state index in [1.165, 1.54) is 11.3 Å². The van der Waals surface area contributed by atoms with E-state index in [1.807, 2.05) is 91.0 Å². The van der Waals surface area contributed by atoms with Crippen LogP contribution in [0.4, 0.5) is 5.69 Å². The Bertz CT molecular complexity index is 2160. The zero-order valence-corrected chi connectivity index (χ0v) is 28.8. The highest BCUT2D eigenvalue weighted by atomic mass is 79.9. The quantitative estimate of drug-likeness (QED) is 0.179. The second kappa shape index (κ2) is 14.0. The molecule has 2 heterocycles. The van der Waals surface area contributed by atoms with Crippen LogP contribution >= 0.6 is 38.9 Å². The van der Waals surface area contributed by atoms with Gasteiger partial charge in [0.05, 0.1) is 40.5 Å². The number of halogens is 2. The normalized spacial score (nSPS) is 14.3. The second-order valence-corrected chi connectivity index (χ2v) is 12.9. The monoisotopic (exact) mass is 729 g/mol. The molecule has 0 fully saturated rings. The maximum Gasteiger partial charge on any atom is 0.271 e. The highest BCUT2D eigenvalue weighted by Gasteiger charge is 2.32. The number of benzene rings is 4. The van der Waals surface area contributed by atoms with Gasteiger partial charge in [0, 0.05) is 10.7 Å². The molecule has 0 aliphatic carbocycles. The van der Waals surface area contributed by atoms with Gasteiger partial charge in [0.15, 0.2) is 16.3 Å². The number of amides is 1. The molecule has 47 heavy (non-hydrogen) atoms. The van der Waals surface area contributed by atoms with Crippen molar-refractivity contribution in [1.82, 2.24) is 4.57 Å². The molecule has 1 aromatic heterocycles. The molecule has 6 rings (SSSR count). The average Bonchev–Trinajstić information content (AvgIpc) is 3.38. The van der Waals surface area contributed by atoms with E-state index in [-0.39, 0.29) is 11.5 Å². The summed E-state index contributed by atoms with van der Waals surface area (Å²) < 4.78 is 19.8. The Balaban J connectivity index is 1.40. The number of thiazole rings is 1. The van der Waals surface area contributed by atoms with Gasteiger partial charge in [0.2, 0.25) is 0 Å². The maximum absolute atomic E-state index is 14.2. The lowest BCUT2D eigenvalue weighted by Crippen LogP contribution is -2.40.